The molecule has 2 aromatic rings. The Labute approximate surface area is 189 Å². The van der Waals surface area contributed by atoms with Crippen LogP contribution in [0.2, 0.25) is 0 Å². The number of carbonyl (C=O) groups is 1. The lowest BCUT2D eigenvalue weighted by molar-refractivity contribution is -0.0901. The topological polar surface area (TPSA) is 46.4 Å². The van der Waals surface area contributed by atoms with E-state index < -0.39 is 0 Å². The van der Waals surface area contributed by atoms with Crippen LogP contribution in [0, 0.1) is 20.4 Å². The summed E-state index contributed by atoms with van der Waals surface area (Å²) in [6.45, 7) is 17.5. The van der Waals surface area contributed by atoms with E-state index in [9.17, 15) is 4.79 Å². The Bertz CT molecular complexity index is 1090. The molecule has 2 aromatic carbocycles. The molecule has 6 heteroatoms. The van der Waals surface area contributed by atoms with Crippen molar-refractivity contribution in [1.82, 2.24) is 9.80 Å². The summed E-state index contributed by atoms with van der Waals surface area (Å²) >= 11 is 0. The van der Waals surface area contributed by atoms with Crippen LogP contribution in [0.4, 0.5) is 5.69 Å². The third-order valence-electron chi connectivity index (χ3n) is 7.27. The van der Waals surface area contributed by atoms with Gasteiger partial charge in [0.15, 0.2) is 5.69 Å². The van der Waals surface area contributed by atoms with E-state index in [0.29, 0.717) is 18.3 Å². The number of hydrogen-bond acceptors (Lipinski definition) is 5. The van der Waals surface area contributed by atoms with E-state index in [1.165, 1.54) is 16.7 Å². The van der Waals surface area contributed by atoms with Crippen LogP contribution in [-0.4, -0.2) is 61.1 Å². The first-order chi connectivity index (χ1) is 15.5. The maximum Gasteiger partial charge on any atom is 0.338 e. The largest absolute Gasteiger partial charge is 0.457 e. The first kappa shape index (κ1) is 21.1. The molecule has 2 saturated heterocycles. The van der Waals surface area contributed by atoms with Gasteiger partial charge in [0, 0.05) is 44.3 Å². The molecule has 0 bridgehead atoms. The van der Waals surface area contributed by atoms with Crippen LogP contribution in [0.5, 0.6) is 0 Å². The second kappa shape index (κ2) is 8.67. The van der Waals surface area contributed by atoms with Crippen LogP contribution >= 0.6 is 0 Å². The standard InChI is InChI=1S/C26H29N3O3/c1-17-12-20(5-7-24(17)27-3)25-14-29-11-10-28(13-21(29)15-31-25)9-8-19-4-6-22-23(18(19)2)16-32-26(22)30/h4-7,12,21,25H,8-11,13-16H2,1-2H3/t21-,25+/m1/s1. The molecule has 0 N–H and O–H groups in total. The highest BCUT2D eigenvalue weighted by molar-refractivity contribution is 5.93. The summed E-state index contributed by atoms with van der Waals surface area (Å²) in [5.74, 6) is -0.195. The van der Waals surface area contributed by atoms with Crippen molar-refractivity contribution >= 4 is 11.7 Å². The molecular formula is C26H29N3O3. The van der Waals surface area contributed by atoms with Gasteiger partial charge in [0.05, 0.1) is 24.8 Å². The van der Waals surface area contributed by atoms with E-state index in [2.05, 4.69) is 33.7 Å². The van der Waals surface area contributed by atoms with Crippen molar-refractivity contribution in [3.8, 4) is 0 Å². The first-order valence-electron chi connectivity index (χ1n) is 11.4. The van der Waals surface area contributed by atoms with Gasteiger partial charge in [-0.25, -0.2) is 9.64 Å². The predicted molar refractivity (Wildman–Crippen MR) is 122 cm³/mol. The molecule has 0 aromatic heterocycles. The fourth-order valence-corrected chi connectivity index (χ4v) is 5.21. The minimum absolute atomic E-state index is 0.0790. The Morgan fingerprint density at radius 2 is 2.03 bits per heavy atom. The van der Waals surface area contributed by atoms with Gasteiger partial charge >= 0.3 is 5.97 Å². The van der Waals surface area contributed by atoms with Gasteiger partial charge in [0.1, 0.15) is 6.61 Å². The summed E-state index contributed by atoms with van der Waals surface area (Å²) < 4.78 is 11.5. The number of fused-ring (bicyclic) bond motifs is 2. The third-order valence-corrected chi connectivity index (χ3v) is 7.27. The number of esters is 1. The van der Waals surface area contributed by atoms with Crippen molar-refractivity contribution in [2.24, 2.45) is 0 Å². The molecule has 166 valence electrons. The lowest BCUT2D eigenvalue weighted by atomic mass is 9.96. The monoisotopic (exact) mass is 431 g/mol. The second-order valence-corrected chi connectivity index (χ2v) is 9.13. The third kappa shape index (κ3) is 3.93. The van der Waals surface area contributed by atoms with Crippen molar-refractivity contribution in [2.75, 3.05) is 39.3 Å². The number of benzene rings is 2. The number of aryl methyl sites for hydroxylation is 1. The molecule has 3 aliphatic heterocycles. The lowest BCUT2D eigenvalue weighted by Crippen LogP contribution is -2.58. The molecular weight excluding hydrogens is 402 g/mol. The number of morpholine rings is 1. The van der Waals surface area contributed by atoms with Crippen molar-refractivity contribution in [2.45, 2.75) is 39.0 Å². The maximum atomic E-state index is 11.8. The molecule has 0 amide bonds. The smallest absolute Gasteiger partial charge is 0.338 e. The molecule has 5 rings (SSSR count). The van der Waals surface area contributed by atoms with E-state index in [1.807, 2.05) is 25.1 Å². The van der Waals surface area contributed by atoms with Gasteiger partial charge in [-0.3, -0.25) is 4.90 Å². The number of rotatable bonds is 4. The van der Waals surface area contributed by atoms with Crippen molar-refractivity contribution < 1.29 is 14.3 Å². The molecule has 0 aliphatic carbocycles. The molecule has 0 spiro atoms. The van der Waals surface area contributed by atoms with E-state index >= 15 is 0 Å². The van der Waals surface area contributed by atoms with E-state index in [0.717, 1.165) is 62.4 Å². The fourth-order valence-electron chi connectivity index (χ4n) is 5.21. The Kier molecular flexibility index (Phi) is 5.73. The maximum absolute atomic E-state index is 11.8. The van der Waals surface area contributed by atoms with Gasteiger partial charge in [-0.1, -0.05) is 24.3 Å². The molecule has 6 nitrogen and oxygen atoms in total. The minimum atomic E-state index is -0.195. The molecule has 0 radical (unpaired) electrons. The van der Waals surface area contributed by atoms with Crippen LogP contribution in [-0.2, 0) is 22.5 Å². The zero-order valence-corrected chi connectivity index (χ0v) is 18.8. The number of cyclic esters (lactones) is 1. The van der Waals surface area contributed by atoms with Crippen molar-refractivity contribution in [3.05, 3.63) is 75.1 Å². The molecule has 32 heavy (non-hydrogen) atoms. The summed E-state index contributed by atoms with van der Waals surface area (Å²) in [5.41, 5.74) is 7.21. The SMILES string of the molecule is [C-]#[N+]c1ccc([C@@H]2CN3CCN(CCc4ccc5c(c4C)COC5=O)C[C@@H]3CO2)cc1C. The Morgan fingerprint density at radius 1 is 1.16 bits per heavy atom. The summed E-state index contributed by atoms with van der Waals surface area (Å²) in [7, 11) is 0. The minimum Gasteiger partial charge on any atom is -0.457 e. The van der Waals surface area contributed by atoms with Gasteiger partial charge in [-0.05, 0) is 48.6 Å². The molecule has 3 aliphatic rings. The normalized spacial score (nSPS) is 23.3. The highest BCUT2D eigenvalue weighted by Crippen LogP contribution is 2.30. The average Bonchev–Trinajstić information content (AvgIpc) is 3.19. The van der Waals surface area contributed by atoms with Crippen LogP contribution in [0.1, 0.15) is 44.3 Å². The summed E-state index contributed by atoms with van der Waals surface area (Å²) in [4.78, 5) is 20.4. The molecule has 3 heterocycles. The average molecular weight is 432 g/mol. The van der Waals surface area contributed by atoms with E-state index in [-0.39, 0.29) is 12.1 Å². The zero-order valence-electron chi connectivity index (χ0n) is 18.8. The predicted octanol–water partition coefficient (Wildman–Crippen LogP) is 3.82. The van der Waals surface area contributed by atoms with Crippen LogP contribution in [0.3, 0.4) is 0 Å². The van der Waals surface area contributed by atoms with E-state index in [1.54, 1.807) is 0 Å². The van der Waals surface area contributed by atoms with Crippen LogP contribution in [0.15, 0.2) is 30.3 Å². The number of nitrogens with zero attached hydrogens (tertiary/aromatic N) is 3. The highest BCUT2D eigenvalue weighted by Gasteiger charge is 2.34. The highest BCUT2D eigenvalue weighted by atomic mass is 16.5. The summed E-state index contributed by atoms with van der Waals surface area (Å²) in [6, 6.07) is 10.5. The number of piperazine rings is 1. The summed E-state index contributed by atoms with van der Waals surface area (Å²) in [6.07, 6.45) is 1.06. The van der Waals surface area contributed by atoms with Crippen molar-refractivity contribution in [1.29, 1.82) is 0 Å². The Morgan fingerprint density at radius 3 is 2.84 bits per heavy atom. The van der Waals surface area contributed by atoms with Gasteiger partial charge in [-0.2, -0.15) is 0 Å². The van der Waals surface area contributed by atoms with Crippen molar-refractivity contribution in [3.63, 3.8) is 0 Å². The zero-order chi connectivity index (χ0) is 22.2. The van der Waals surface area contributed by atoms with E-state index in [4.69, 9.17) is 16.0 Å². The molecule has 0 saturated carbocycles. The number of carbonyl (C=O) groups excluding carboxylic acids is 1. The molecule has 0 unspecified atom stereocenters. The lowest BCUT2D eigenvalue weighted by Gasteiger charge is -2.46. The van der Waals surface area contributed by atoms with Gasteiger partial charge in [-0.15, -0.1) is 0 Å². The Hall–Kier alpha value is -2.72. The number of hydrogen-bond donors (Lipinski definition) is 0. The van der Waals surface area contributed by atoms with Crippen LogP contribution in [0.25, 0.3) is 4.85 Å². The van der Waals surface area contributed by atoms with Gasteiger partial charge < -0.3 is 14.4 Å². The molecule has 2 atom stereocenters. The van der Waals surface area contributed by atoms with Gasteiger partial charge in [0.25, 0.3) is 0 Å². The van der Waals surface area contributed by atoms with Crippen LogP contribution < -0.4 is 0 Å². The molecule has 2 fully saturated rings. The first-order valence-corrected chi connectivity index (χ1v) is 11.4. The van der Waals surface area contributed by atoms with Gasteiger partial charge in [0.2, 0.25) is 0 Å². The summed E-state index contributed by atoms with van der Waals surface area (Å²) in [5, 5.41) is 0. The quantitative estimate of drug-likeness (QED) is 0.544. The fraction of sp³-hybridized carbons (Fsp3) is 0.462. The second-order valence-electron chi connectivity index (χ2n) is 9.13. The number of ether oxygens (including phenoxy) is 2. The Balaban J connectivity index is 1.17.